The van der Waals surface area contributed by atoms with Crippen molar-refractivity contribution in [1.82, 2.24) is 9.97 Å². The first kappa shape index (κ1) is 9.59. The summed E-state index contributed by atoms with van der Waals surface area (Å²) in [7, 11) is 0. The minimum atomic E-state index is 0.219. The maximum Gasteiger partial charge on any atom is 0.0270 e. The van der Waals surface area contributed by atoms with Gasteiger partial charge < -0.3 is 0 Å². The van der Waals surface area contributed by atoms with Gasteiger partial charge in [-0.2, -0.15) is 0 Å². The van der Waals surface area contributed by atoms with E-state index in [1.165, 1.54) is 11.1 Å². The smallest absolute Gasteiger partial charge is 0.0270 e. The Morgan fingerprint density at radius 1 is 0.867 bits per heavy atom. The quantitative estimate of drug-likeness (QED) is 0.705. The van der Waals surface area contributed by atoms with Gasteiger partial charge in [-0.05, 0) is 35.4 Å². The third-order valence-corrected chi connectivity index (χ3v) is 2.37. The Kier molecular flexibility index (Phi) is 2.88. The van der Waals surface area contributed by atoms with Crippen molar-refractivity contribution in [3.63, 3.8) is 0 Å². The van der Waals surface area contributed by atoms with E-state index in [1.807, 2.05) is 30.3 Å². The summed E-state index contributed by atoms with van der Waals surface area (Å²) in [5.74, 6) is 0.219. The van der Waals surface area contributed by atoms with Crippen molar-refractivity contribution in [2.24, 2.45) is 0 Å². The lowest BCUT2D eigenvalue weighted by Crippen LogP contribution is -1.97. The van der Waals surface area contributed by atoms with Gasteiger partial charge in [0.15, 0.2) is 0 Å². The van der Waals surface area contributed by atoms with Crippen LogP contribution in [-0.4, -0.2) is 9.97 Å². The van der Waals surface area contributed by atoms with Gasteiger partial charge in [0.2, 0.25) is 0 Å². The predicted octanol–water partition coefficient (Wildman–Crippen LogP) is 2.79. The molecule has 0 aliphatic carbocycles. The Bertz CT molecular complexity index is 383. The monoisotopic (exact) mass is 196 g/mol. The molecule has 0 aliphatic heterocycles. The van der Waals surface area contributed by atoms with Crippen molar-refractivity contribution in [2.45, 2.75) is 5.92 Å². The van der Waals surface area contributed by atoms with Crippen LogP contribution < -0.4 is 0 Å². The molecule has 0 aliphatic rings. The topological polar surface area (TPSA) is 25.8 Å². The van der Waals surface area contributed by atoms with Gasteiger partial charge >= 0.3 is 0 Å². The van der Waals surface area contributed by atoms with Crippen LogP contribution in [0.4, 0.5) is 0 Å². The first-order chi connectivity index (χ1) is 7.42. The van der Waals surface area contributed by atoms with Crippen LogP contribution in [0.1, 0.15) is 17.0 Å². The van der Waals surface area contributed by atoms with Crippen LogP contribution in [0.2, 0.25) is 0 Å². The highest BCUT2D eigenvalue weighted by atomic mass is 14.6. The van der Waals surface area contributed by atoms with E-state index >= 15 is 0 Å². The second-order valence-electron chi connectivity index (χ2n) is 3.27. The predicted molar refractivity (Wildman–Crippen MR) is 60.5 cm³/mol. The molecule has 2 rings (SSSR count). The number of allylic oxidation sites excluding steroid dienone is 1. The third kappa shape index (κ3) is 2.10. The molecular formula is C13H12N2. The maximum absolute atomic E-state index is 4.01. The Balaban J connectivity index is 2.38. The highest BCUT2D eigenvalue weighted by Crippen LogP contribution is 2.24. The second-order valence-corrected chi connectivity index (χ2v) is 3.27. The van der Waals surface area contributed by atoms with Crippen LogP contribution in [0.25, 0.3) is 0 Å². The van der Waals surface area contributed by atoms with Crippen molar-refractivity contribution in [3.05, 3.63) is 72.8 Å². The molecule has 0 saturated carbocycles. The molecule has 0 aromatic carbocycles. The van der Waals surface area contributed by atoms with E-state index in [0.29, 0.717) is 0 Å². The zero-order valence-electron chi connectivity index (χ0n) is 8.38. The summed E-state index contributed by atoms with van der Waals surface area (Å²) in [5.41, 5.74) is 2.40. The lowest BCUT2D eigenvalue weighted by atomic mass is 9.93. The Labute approximate surface area is 89.3 Å². The fourth-order valence-corrected chi connectivity index (χ4v) is 1.61. The van der Waals surface area contributed by atoms with Crippen LogP contribution >= 0.6 is 0 Å². The van der Waals surface area contributed by atoms with Crippen molar-refractivity contribution in [3.8, 4) is 0 Å². The minimum Gasteiger partial charge on any atom is -0.265 e. The summed E-state index contributed by atoms with van der Waals surface area (Å²) in [6.45, 7) is 3.87. The average Bonchev–Trinajstić information content (AvgIpc) is 2.33. The van der Waals surface area contributed by atoms with E-state index in [0.717, 1.165) is 0 Å². The Hall–Kier alpha value is -1.96. The second kappa shape index (κ2) is 4.51. The zero-order valence-corrected chi connectivity index (χ0v) is 8.38. The van der Waals surface area contributed by atoms with E-state index in [-0.39, 0.29) is 5.92 Å². The average molecular weight is 196 g/mol. The van der Waals surface area contributed by atoms with Gasteiger partial charge in [0, 0.05) is 30.7 Å². The van der Waals surface area contributed by atoms with Gasteiger partial charge in [-0.3, -0.25) is 9.97 Å². The molecule has 2 nitrogen and oxygen atoms in total. The minimum absolute atomic E-state index is 0.219. The van der Waals surface area contributed by atoms with Gasteiger partial charge in [0.1, 0.15) is 0 Å². The zero-order chi connectivity index (χ0) is 10.5. The molecule has 0 fully saturated rings. The molecule has 0 radical (unpaired) electrons. The molecule has 0 atom stereocenters. The van der Waals surface area contributed by atoms with E-state index < -0.39 is 0 Å². The molecule has 2 heterocycles. The molecule has 0 bridgehead atoms. The van der Waals surface area contributed by atoms with Crippen molar-refractivity contribution < 1.29 is 0 Å². The highest BCUT2D eigenvalue weighted by molar-refractivity contribution is 5.33. The van der Waals surface area contributed by atoms with E-state index in [9.17, 15) is 0 Å². The molecule has 2 heteroatoms. The van der Waals surface area contributed by atoms with Gasteiger partial charge in [0.05, 0.1) is 0 Å². The van der Waals surface area contributed by atoms with Crippen LogP contribution in [0.3, 0.4) is 0 Å². The third-order valence-electron chi connectivity index (χ3n) is 2.37. The van der Waals surface area contributed by atoms with Crippen LogP contribution in [0, 0.1) is 0 Å². The molecule has 0 N–H and O–H groups in total. The molecular weight excluding hydrogens is 184 g/mol. The van der Waals surface area contributed by atoms with E-state index in [1.54, 1.807) is 24.8 Å². The maximum atomic E-state index is 4.01. The molecule has 0 saturated heterocycles. The molecule has 0 spiro atoms. The summed E-state index contributed by atoms with van der Waals surface area (Å²) in [6, 6.07) is 8.03. The van der Waals surface area contributed by atoms with Crippen LogP contribution in [0.5, 0.6) is 0 Å². The van der Waals surface area contributed by atoms with Gasteiger partial charge in [-0.1, -0.05) is 6.08 Å². The van der Waals surface area contributed by atoms with E-state index in [2.05, 4.69) is 16.5 Å². The molecule has 2 aromatic rings. The molecule has 74 valence electrons. The summed E-state index contributed by atoms with van der Waals surface area (Å²) >= 11 is 0. The number of hydrogen-bond donors (Lipinski definition) is 0. The van der Waals surface area contributed by atoms with Crippen LogP contribution in [0.15, 0.2) is 61.7 Å². The SMILES string of the molecule is C=CC(c1ccncc1)c1ccncc1. The van der Waals surface area contributed by atoms with Crippen LogP contribution in [-0.2, 0) is 0 Å². The first-order valence-corrected chi connectivity index (χ1v) is 4.84. The summed E-state index contributed by atoms with van der Waals surface area (Å²) in [5, 5.41) is 0. The number of aromatic nitrogens is 2. The fraction of sp³-hybridized carbons (Fsp3) is 0.0769. The molecule has 0 unspecified atom stereocenters. The number of nitrogens with zero attached hydrogens (tertiary/aromatic N) is 2. The van der Waals surface area contributed by atoms with Gasteiger partial charge in [-0.15, -0.1) is 6.58 Å². The highest BCUT2D eigenvalue weighted by Gasteiger charge is 2.08. The lowest BCUT2D eigenvalue weighted by molar-refractivity contribution is 1.01. The number of rotatable bonds is 3. The largest absolute Gasteiger partial charge is 0.265 e. The van der Waals surface area contributed by atoms with Crippen molar-refractivity contribution in [1.29, 1.82) is 0 Å². The Morgan fingerprint density at radius 2 is 1.27 bits per heavy atom. The first-order valence-electron chi connectivity index (χ1n) is 4.84. The normalized spacial score (nSPS) is 10.2. The van der Waals surface area contributed by atoms with Crippen molar-refractivity contribution >= 4 is 0 Å². The van der Waals surface area contributed by atoms with Gasteiger partial charge in [0.25, 0.3) is 0 Å². The number of pyridine rings is 2. The molecule has 15 heavy (non-hydrogen) atoms. The molecule has 0 amide bonds. The van der Waals surface area contributed by atoms with E-state index in [4.69, 9.17) is 0 Å². The summed E-state index contributed by atoms with van der Waals surface area (Å²) in [4.78, 5) is 8.02. The standard InChI is InChI=1S/C13H12N2/c1-2-13(11-3-7-14-8-4-11)12-5-9-15-10-6-12/h2-10,13H,1H2. The number of hydrogen-bond acceptors (Lipinski definition) is 2. The molecule has 2 aromatic heterocycles. The Morgan fingerprint density at radius 3 is 1.60 bits per heavy atom. The summed E-state index contributed by atoms with van der Waals surface area (Å²) in [6.07, 6.45) is 9.13. The fourth-order valence-electron chi connectivity index (χ4n) is 1.61. The summed E-state index contributed by atoms with van der Waals surface area (Å²) < 4.78 is 0. The van der Waals surface area contributed by atoms with Gasteiger partial charge in [-0.25, -0.2) is 0 Å². The lowest BCUT2D eigenvalue weighted by Gasteiger charge is -2.12. The van der Waals surface area contributed by atoms with Crippen molar-refractivity contribution in [2.75, 3.05) is 0 Å².